The van der Waals surface area contributed by atoms with Crippen LogP contribution in [0.2, 0.25) is 0 Å². The Morgan fingerprint density at radius 2 is 1.28 bits per heavy atom. The van der Waals surface area contributed by atoms with Crippen LogP contribution in [0.3, 0.4) is 0 Å². The molecule has 0 unspecified atom stereocenters. The summed E-state index contributed by atoms with van der Waals surface area (Å²) in [6.07, 6.45) is 2.26. The second-order valence-electron chi connectivity index (χ2n) is 8.79. The highest BCUT2D eigenvalue weighted by Gasteiger charge is 2.20. The van der Waals surface area contributed by atoms with E-state index in [4.69, 9.17) is 24.1 Å². The average Bonchev–Trinajstić information content (AvgIpc) is 2.64. The topological polar surface area (TPSA) is 60.4 Å². The minimum atomic E-state index is 0.150. The Balaban J connectivity index is 3.33. The Bertz CT molecular complexity index is 369. The van der Waals surface area contributed by atoms with E-state index < -0.39 is 0 Å². The fourth-order valence-electron chi connectivity index (χ4n) is 2.61. The fraction of sp³-hybridized carbons (Fsp3) is 1.00. The normalized spacial score (nSPS) is 12.8. The average molecular weight is 438 g/mol. The second kappa shape index (κ2) is 17.8. The van der Waals surface area contributed by atoms with Crippen molar-refractivity contribution < 1.29 is 24.1 Å². The van der Waals surface area contributed by atoms with Gasteiger partial charge in [-0.1, -0.05) is 27.2 Å². The first-order valence-electron chi connectivity index (χ1n) is 11.0. The van der Waals surface area contributed by atoms with Crippen molar-refractivity contribution in [2.45, 2.75) is 52.2 Å². The summed E-state index contributed by atoms with van der Waals surface area (Å²) in [4.78, 5) is 2.16. The maximum absolute atomic E-state index is 8.98. The first kappa shape index (κ1) is 29.1. The van der Waals surface area contributed by atoms with E-state index in [9.17, 15) is 0 Å². The minimum Gasteiger partial charge on any atom is -0.395 e. The summed E-state index contributed by atoms with van der Waals surface area (Å²) in [5, 5.41) is 8.98. The molecule has 0 aliphatic heterocycles. The van der Waals surface area contributed by atoms with E-state index in [-0.39, 0.29) is 11.4 Å². The third-order valence-corrected chi connectivity index (χ3v) is 6.13. The molecule has 0 saturated carbocycles. The zero-order chi connectivity index (χ0) is 22.0. The molecule has 0 atom stereocenters. The van der Waals surface area contributed by atoms with Gasteiger partial charge in [0.1, 0.15) is 0 Å². The largest absolute Gasteiger partial charge is 0.395 e. The van der Waals surface area contributed by atoms with Crippen molar-refractivity contribution in [3.63, 3.8) is 0 Å². The van der Waals surface area contributed by atoms with Crippen LogP contribution in [0.15, 0.2) is 0 Å². The maximum Gasteiger partial charge on any atom is 0.0701 e. The first-order chi connectivity index (χ1) is 13.7. The smallest absolute Gasteiger partial charge is 0.0701 e. The van der Waals surface area contributed by atoms with E-state index in [1.54, 1.807) is 0 Å². The quantitative estimate of drug-likeness (QED) is 0.276. The molecule has 0 rings (SSSR count). The molecular formula is C22H47NO5S. The summed E-state index contributed by atoms with van der Waals surface area (Å²) in [6.45, 7) is 18.3. The van der Waals surface area contributed by atoms with Crippen LogP contribution < -0.4 is 0 Å². The van der Waals surface area contributed by atoms with Gasteiger partial charge in [-0.3, -0.25) is 0 Å². The Labute approximate surface area is 184 Å². The zero-order valence-corrected chi connectivity index (χ0v) is 20.7. The van der Waals surface area contributed by atoms with Crippen molar-refractivity contribution in [3.8, 4) is 0 Å². The van der Waals surface area contributed by atoms with E-state index in [0.29, 0.717) is 51.6 Å². The summed E-state index contributed by atoms with van der Waals surface area (Å²) in [5.74, 6) is 0.957. The van der Waals surface area contributed by atoms with E-state index in [0.717, 1.165) is 31.9 Å². The Morgan fingerprint density at radius 1 is 0.793 bits per heavy atom. The zero-order valence-electron chi connectivity index (χ0n) is 19.8. The van der Waals surface area contributed by atoms with E-state index in [1.807, 2.05) is 18.8 Å². The van der Waals surface area contributed by atoms with E-state index >= 15 is 0 Å². The molecule has 0 aromatic heterocycles. The van der Waals surface area contributed by atoms with Crippen LogP contribution in [0.4, 0.5) is 0 Å². The van der Waals surface area contributed by atoms with Gasteiger partial charge in [-0.25, -0.2) is 0 Å². The molecule has 0 radical (unpaired) electrons. The lowest BCUT2D eigenvalue weighted by Crippen LogP contribution is -2.36. The van der Waals surface area contributed by atoms with Gasteiger partial charge in [-0.15, -0.1) is 0 Å². The lowest BCUT2D eigenvalue weighted by atomic mass is 9.87. The fourth-order valence-corrected chi connectivity index (χ4v) is 3.67. The van der Waals surface area contributed by atoms with Crippen LogP contribution in [0.5, 0.6) is 0 Å². The summed E-state index contributed by atoms with van der Waals surface area (Å²) in [7, 11) is 2.04. The van der Waals surface area contributed by atoms with Gasteiger partial charge in [0.15, 0.2) is 0 Å². The molecular weight excluding hydrogens is 390 g/mol. The van der Waals surface area contributed by atoms with Crippen LogP contribution in [0, 0.1) is 5.41 Å². The van der Waals surface area contributed by atoms with Crippen LogP contribution in [-0.4, -0.2) is 100 Å². The van der Waals surface area contributed by atoms with Gasteiger partial charge in [0, 0.05) is 30.2 Å². The highest BCUT2D eigenvalue weighted by atomic mass is 32.2. The van der Waals surface area contributed by atoms with Gasteiger partial charge in [0.05, 0.1) is 52.9 Å². The minimum absolute atomic E-state index is 0.150. The SMILES string of the molecule is CCC(C)(C)CCOCCOCCOCCOCCSC(C)(C)CN(C)CCO. The second-order valence-corrected chi connectivity index (χ2v) is 10.6. The molecule has 0 aromatic rings. The molecule has 0 heterocycles. The summed E-state index contributed by atoms with van der Waals surface area (Å²) in [5.41, 5.74) is 0.364. The molecule has 0 aliphatic rings. The van der Waals surface area contributed by atoms with Crippen molar-refractivity contribution >= 4 is 11.8 Å². The third-order valence-electron chi connectivity index (χ3n) is 4.85. The molecule has 0 amide bonds. The number of likely N-dealkylation sites (N-methyl/N-ethyl adjacent to an activating group) is 1. The predicted octanol–water partition coefficient (Wildman–Crippen LogP) is 3.32. The van der Waals surface area contributed by atoms with Crippen molar-refractivity contribution in [3.05, 3.63) is 0 Å². The highest BCUT2D eigenvalue weighted by molar-refractivity contribution is 8.00. The van der Waals surface area contributed by atoms with Gasteiger partial charge >= 0.3 is 0 Å². The predicted molar refractivity (Wildman–Crippen MR) is 123 cm³/mol. The number of thioether (sulfide) groups is 1. The number of rotatable bonds is 21. The van der Waals surface area contributed by atoms with Crippen molar-refractivity contribution in [1.29, 1.82) is 0 Å². The van der Waals surface area contributed by atoms with Crippen molar-refractivity contribution in [1.82, 2.24) is 4.90 Å². The highest BCUT2D eigenvalue weighted by Crippen LogP contribution is 2.25. The summed E-state index contributed by atoms with van der Waals surface area (Å²) in [6, 6.07) is 0. The first-order valence-corrected chi connectivity index (χ1v) is 12.0. The van der Waals surface area contributed by atoms with Crippen LogP contribution in [0.1, 0.15) is 47.5 Å². The van der Waals surface area contributed by atoms with Crippen LogP contribution >= 0.6 is 11.8 Å². The van der Waals surface area contributed by atoms with Crippen LogP contribution in [-0.2, 0) is 18.9 Å². The molecule has 29 heavy (non-hydrogen) atoms. The van der Waals surface area contributed by atoms with Gasteiger partial charge in [0.2, 0.25) is 0 Å². The molecule has 7 heteroatoms. The monoisotopic (exact) mass is 437 g/mol. The van der Waals surface area contributed by atoms with E-state index in [2.05, 4.69) is 39.5 Å². The lowest BCUT2D eigenvalue weighted by molar-refractivity contribution is -0.00311. The molecule has 0 fully saturated rings. The molecule has 0 saturated heterocycles. The summed E-state index contributed by atoms with van der Waals surface area (Å²) < 4.78 is 22.4. The number of aliphatic hydroxyl groups is 1. The van der Waals surface area contributed by atoms with E-state index in [1.165, 1.54) is 6.42 Å². The van der Waals surface area contributed by atoms with Gasteiger partial charge < -0.3 is 29.0 Å². The molecule has 176 valence electrons. The van der Waals surface area contributed by atoms with Gasteiger partial charge in [-0.2, -0.15) is 11.8 Å². The number of aliphatic hydroxyl groups excluding tert-OH is 1. The number of nitrogens with zero attached hydrogens (tertiary/aromatic N) is 1. The maximum atomic E-state index is 8.98. The van der Waals surface area contributed by atoms with Gasteiger partial charge in [-0.05, 0) is 32.7 Å². The lowest BCUT2D eigenvalue weighted by Gasteiger charge is -2.29. The standard InChI is InChI=1S/C22H47NO5S/c1-7-21(2,3)8-11-25-12-13-26-14-15-27-16-17-28-18-19-29-22(4,5)20-23(6)9-10-24/h24H,7-20H2,1-6H3. The third kappa shape index (κ3) is 19.8. The van der Waals surface area contributed by atoms with Crippen molar-refractivity contribution in [2.24, 2.45) is 5.41 Å². The Kier molecular flexibility index (Phi) is 17.8. The molecule has 1 N–H and O–H groups in total. The molecule has 6 nitrogen and oxygen atoms in total. The molecule has 0 bridgehead atoms. The Hall–Kier alpha value is 0.110. The number of ether oxygens (including phenoxy) is 4. The van der Waals surface area contributed by atoms with Crippen molar-refractivity contribution in [2.75, 3.05) is 85.4 Å². The molecule has 0 aromatic carbocycles. The number of hydrogen-bond donors (Lipinski definition) is 1. The summed E-state index contributed by atoms with van der Waals surface area (Å²) >= 11 is 1.90. The van der Waals surface area contributed by atoms with Gasteiger partial charge in [0.25, 0.3) is 0 Å². The molecule has 0 spiro atoms. The van der Waals surface area contributed by atoms with Crippen LogP contribution in [0.25, 0.3) is 0 Å². The Morgan fingerprint density at radius 3 is 1.76 bits per heavy atom. The molecule has 0 aliphatic carbocycles. The number of hydrogen-bond acceptors (Lipinski definition) is 7.